The molecule has 1 atom stereocenters. The van der Waals surface area contributed by atoms with Gasteiger partial charge in [-0.05, 0) is 44.0 Å². The number of hydrogen-bond acceptors (Lipinski definition) is 3. The van der Waals surface area contributed by atoms with E-state index in [0.717, 1.165) is 17.3 Å². The summed E-state index contributed by atoms with van der Waals surface area (Å²) in [6, 6.07) is 4.79. The summed E-state index contributed by atoms with van der Waals surface area (Å²) in [5.41, 5.74) is 0.372. The number of rotatable bonds is 5. The molecule has 2 amide bonds. The van der Waals surface area contributed by atoms with E-state index in [1.807, 2.05) is 6.92 Å². The maximum atomic E-state index is 13.7. The lowest BCUT2D eigenvalue weighted by atomic mass is 10.2. The van der Waals surface area contributed by atoms with Gasteiger partial charge in [-0.1, -0.05) is 15.9 Å². The van der Waals surface area contributed by atoms with Crippen molar-refractivity contribution in [3.63, 3.8) is 0 Å². The highest BCUT2D eigenvalue weighted by Gasteiger charge is 2.30. The standard InChI is InChI=1S/C19H23BrFN3O2/c1-13(19(26)22-16-4-5-16)23-8-10-24(11-9-23)18(25)7-2-14-12-15(20)3-6-17(14)21/h2-3,6-7,12-13,16H,4-5,8-11H2,1H3,(H,22,26)/b7-2+. The highest BCUT2D eigenvalue weighted by atomic mass is 79.9. The topological polar surface area (TPSA) is 52.7 Å². The van der Waals surface area contributed by atoms with Gasteiger partial charge >= 0.3 is 0 Å². The molecule has 5 nitrogen and oxygen atoms in total. The van der Waals surface area contributed by atoms with Crippen LogP contribution in [-0.4, -0.2) is 59.9 Å². The predicted octanol–water partition coefficient (Wildman–Crippen LogP) is 2.41. The van der Waals surface area contributed by atoms with Gasteiger partial charge in [0.2, 0.25) is 11.8 Å². The lowest BCUT2D eigenvalue weighted by molar-refractivity contribution is -0.130. The molecule has 26 heavy (non-hydrogen) atoms. The average molecular weight is 424 g/mol. The van der Waals surface area contributed by atoms with Crippen molar-refractivity contribution in [3.05, 3.63) is 40.1 Å². The normalized spacial score (nSPS) is 19.6. The first-order chi connectivity index (χ1) is 12.4. The Morgan fingerprint density at radius 2 is 1.96 bits per heavy atom. The third-order valence-corrected chi connectivity index (χ3v) is 5.33. The molecule has 0 radical (unpaired) electrons. The van der Waals surface area contributed by atoms with Crippen molar-refractivity contribution in [1.82, 2.24) is 15.1 Å². The summed E-state index contributed by atoms with van der Waals surface area (Å²) in [5, 5.41) is 3.02. The Balaban J connectivity index is 1.50. The zero-order valence-electron chi connectivity index (χ0n) is 14.8. The Kier molecular flexibility index (Phi) is 6.09. The number of carbonyl (C=O) groups excluding carboxylic acids is 2. The Bertz CT molecular complexity index is 713. The molecule has 1 saturated heterocycles. The second-order valence-electron chi connectivity index (χ2n) is 6.82. The van der Waals surface area contributed by atoms with Crippen LogP contribution in [0.1, 0.15) is 25.3 Å². The van der Waals surface area contributed by atoms with Crippen molar-refractivity contribution in [2.75, 3.05) is 26.2 Å². The zero-order chi connectivity index (χ0) is 18.7. The van der Waals surface area contributed by atoms with Crippen LogP contribution in [0.3, 0.4) is 0 Å². The molecule has 1 heterocycles. The van der Waals surface area contributed by atoms with Gasteiger partial charge in [0, 0.05) is 48.3 Å². The molecule has 1 aliphatic carbocycles. The first kappa shape index (κ1) is 19.0. The molecule has 1 aromatic rings. The van der Waals surface area contributed by atoms with Gasteiger partial charge in [-0.2, -0.15) is 0 Å². The quantitative estimate of drug-likeness (QED) is 0.739. The molecule has 7 heteroatoms. The van der Waals surface area contributed by atoms with Gasteiger partial charge < -0.3 is 10.2 Å². The van der Waals surface area contributed by atoms with E-state index in [-0.39, 0.29) is 23.7 Å². The van der Waals surface area contributed by atoms with Gasteiger partial charge in [0.05, 0.1) is 6.04 Å². The number of nitrogens with zero attached hydrogens (tertiary/aromatic N) is 2. The second-order valence-corrected chi connectivity index (χ2v) is 7.73. The molecule has 2 aliphatic rings. The van der Waals surface area contributed by atoms with Crippen LogP contribution in [0.2, 0.25) is 0 Å². The number of hydrogen-bond donors (Lipinski definition) is 1. The van der Waals surface area contributed by atoms with Crippen LogP contribution < -0.4 is 5.32 Å². The van der Waals surface area contributed by atoms with E-state index in [1.54, 1.807) is 17.0 Å². The fourth-order valence-electron chi connectivity index (χ4n) is 2.95. The molecular formula is C19H23BrFN3O2. The van der Waals surface area contributed by atoms with Crippen molar-refractivity contribution in [3.8, 4) is 0 Å². The Morgan fingerprint density at radius 3 is 2.62 bits per heavy atom. The number of amides is 2. The molecule has 1 aliphatic heterocycles. The number of benzene rings is 1. The van der Waals surface area contributed by atoms with Crippen molar-refractivity contribution in [2.24, 2.45) is 0 Å². The largest absolute Gasteiger partial charge is 0.352 e. The average Bonchev–Trinajstić information content (AvgIpc) is 3.45. The van der Waals surface area contributed by atoms with Gasteiger partial charge in [0.15, 0.2) is 0 Å². The third kappa shape index (κ3) is 4.92. The van der Waals surface area contributed by atoms with Crippen molar-refractivity contribution < 1.29 is 14.0 Å². The predicted molar refractivity (Wildman–Crippen MR) is 102 cm³/mol. The van der Waals surface area contributed by atoms with E-state index in [1.165, 1.54) is 18.2 Å². The smallest absolute Gasteiger partial charge is 0.246 e. The van der Waals surface area contributed by atoms with Gasteiger partial charge in [-0.15, -0.1) is 0 Å². The maximum absolute atomic E-state index is 13.7. The Morgan fingerprint density at radius 1 is 1.27 bits per heavy atom. The highest BCUT2D eigenvalue weighted by molar-refractivity contribution is 9.10. The van der Waals surface area contributed by atoms with Gasteiger partial charge in [0.25, 0.3) is 0 Å². The fraction of sp³-hybridized carbons (Fsp3) is 0.474. The SMILES string of the molecule is CC(C(=O)NC1CC1)N1CCN(C(=O)/C=C/c2cc(Br)ccc2F)CC1. The molecule has 1 saturated carbocycles. The number of carbonyl (C=O) groups is 2. The summed E-state index contributed by atoms with van der Waals surface area (Å²) in [6.45, 7) is 4.34. The molecule has 1 N–H and O–H groups in total. The Hall–Kier alpha value is -1.73. The number of nitrogens with one attached hydrogen (secondary N) is 1. The molecule has 0 spiro atoms. The molecule has 0 aromatic heterocycles. The van der Waals surface area contributed by atoms with Crippen LogP contribution in [0.15, 0.2) is 28.7 Å². The van der Waals surface area contributed by atoms with Crippen LogP contribution in [0, 0.1) is 5.82 Å². The van der Waals surface area contributed by atoms with Crippen LogP contribution in [0.25, 0.3) is 6.08 Å². The molecule has 140 valence electrons. The van der Waals surface area contributed by atoms with Crippen LogP contribution >= 0.6 is 15.9 Å². The molecule has 1 aromatic carbocycles. The van der Waals surface area contributed by atoms with E-state index in [9.17, 15) is 14.0 Å². The van der Waals surface area contributed by atoms with Crippen molar-refractivity contribution in [2.45, 2.75) is 31.8 Å². The molecule has 1 unspecified atom stereocenters. The summed E-state index contributed by atoms with van der Waals surface area (Å²) < 4.78 is 14.5. The van der Waals surface area contributed by atoms with Gasteiger partial charge in [-0.3, -0.25) is 14.5 Å². The molecular weight excluding hydrogens is 401 g/mol. The molecule has 3 rings (SSSR count). The van der Waals surface area contributed by atoms with Crippen molar-refractivity contribution in [1.29, 1.82) is 0 Å². The van der Waals surface area contributed by atoms with Crippen molar-refractivity contribution >= 4 is 33.8 Å². The third-order valence-electron chi connectivity index (χ3n) is 4.84. The van der Waals surface area contributed by atoms with E-state index in [0.29, 0.717) is 37.8 Å². The fourth-order valence-corrected chi connectivity index (χ4v) is 3.33. The van der Waals surface area contributed by atoms with E-state index in [2.05, 4.69) is 26.1 Å². The lowest BCUT2D eigenvalue weighted by Gasteiger charge is -2.37. The zero-order valence-corrected chi connectivity index (χ0v) is 16.3. The summed E-state index contributed by atoms with van der Waals surface area (Å²) in [7, 11) is 0. The minimum absolute atomic E-state index is 0.0669. The summed E-state index contributed by atoms with van der Waals surface area (Å²) in [5.74, 6) is -0.436. The summed E-state index contributed by atoms with van der Waals surface area (Å²) in [4.78, 5) is 28.3. The van der Waals surface area contributed by atoms with Crippen LogP contribution in [0.5, 0.6) is 0 Å². The number of halogens is 2. The Labute approximate surface area is 161 Å². The number of piperazine rings is 1. The highest BCUT2D eigenvalue weighted by Crippen LogP contribution is 2.19. The first-order valence-corrected chi connectivity index (χ1v) is 9.70. The van der Waals surface area contributed by atoms with E-state index < -0.39 is 0 Å². The monoisotopic (exact) mass is 423 g/mol. The summed E-state index contributed by atoms with van der Waals surface area (Å²) in [6.07, 6.45) is 5.06. The molecule has 2 fully saturated rings. The van der Waals surface area contributed by atoms with Gasteiger partial charge in [-0.25, -0.2) is 4.39 Å². The van der Waals surface area contributed by atoms with E-state index >= 15 is 0 Å². The van der Waals surface area contributed by atoms with Crippen LogP contribution in [0.4, 0.5) is 4.39 Å². The first-order valence-electron chi connectivity index (χ1n) is 8.90. The van der Waals surface area contributed by atoms with E-state index in [4.69, 9.17) is 0 Å². The lowest BCUT2D eigenvalue weighted by Crippen LogP contribution is -2.55. The minimum Gasteiger partial charge on any atom is -0.352 e. The van der Waals surface area contributed by atoms with Crippen LogP contribution in [-0.2, 0) is 9.59 Å². The maximum Gasteiger partial charge on any atom is 0.246 e. The molecule has 0 bridgehead atoms. The second kappa shape index (κ2) is 8.31. The van der Waals surface area contributed by atoms with Gasteiger partial charge in [0.1, 0.15) is 5.82 Å². The minimum atomic E-state index is -0.363. The summed E-state index contributed by atoms with van der Waals surface area (Å²) >= 11 is 3.30.